The highest BCUT2D eigenvalue weighted by atomic mass is 19.4. The Bertz CT molecular complexity index is 432. The third-order valence-electron chi connectivity index (χ3n) is 2.36. The van der Waals surface area contributed by atoms with Crippen molar-refractivity contribution >= 4 is 6.08 Å². The first-order chi connectivity index (χ1) is 8.04. The van der Waals surface area contributed by atoms with Crippen LogP contribution in [0, 0.1) is 0 Å². The van der Waals surface area contributed by atoms with Gasteiger partial charge in [-0.15, -0.1) is 0 Å². The van der Waals surface area contributed by atoms with Crippen LogP contribution in [-0.4, -0.2) is 17.5 Å². The summed E-state index contributed by atoms with van der Waals surface area (Å²) in [6.45, 7) is 3.23. The van der Waals surface area contributed by atoms with Crippen molar-refractivity contribution in [3.8, 4) is 0 Å². The lowest BCUT2D eigenvalue weighted by Crippen LogP contribution is -2.53. The molecule has 7 heteroatoms. The first kappa shape index (κ1) is 14.6. The molecular weight excluding hydrogens is 262 g/mol. The molecule has 0 unspecified atom stereocenters. The van der Waals surface area contributed by atoms with Crippen LogP contribution in [0.4, 0.5) is 26.3 Å². The van der Waals surface area contributed by atoms with Gasteiger partial charge in [-0.1, -0.05) is 30.9 Å². The van der Waals surface area contributed by atoms with Crippen LogP contribution in [0.3, 0.4) is 0 Å². The first-order valence-corrected chi connectivity index (χ1v) is 4.63. The molecular formula is C11H8F6O. The molecule has 18 heavy (non-hydrogen) atoms. The summed E-state index contributed by atoms with van der Waals surface area (Å²) in [6, 6.07) is 3.40. The standard InChI is InChI=1S/C11H8F6O/c1-2-7-4-3-5-8(6-7)9(18,10(12,13)14)11(15,16)17/h2-6,18H,1H2. The van der Waals surface area contributed by atoms with Gasteiger partial charge in [0.25, 0.3) is 5.60 Å². The molecule has 0 aromatic heterocycles. The molecule has 1 aromatic carbocycles. The summed E-state index contributed by atoms with van der Waals surface area (Å²) in [7, 11) is 0. The Morgan fingerprint density at radius 1 is 1.00 bits per heavy atom. The fourth-order valence-corrected chi connectivity index (χ4v) is 1.38. The van der Waals surface area contributed by atoms with Crippen molar-refractivity contribution in [2.24, 2.45) is 0 Å². The van der Waals surface area contributed by atoms with E-state index in [2.05, 4.69) is 6.58 Å². The maximum Gasteiger partial charge on any atom is 0.430 e. The monoisotopic (exact) mass is 270 g/mol. The SMILES string of the molecule is C=Cc1cccc(C(O)(C(F)(F)F)C(F)(F)F)c1. The molecule has 0 amide bonds. The molecule has 0 spiro atoms. The maximum absolute atomic E-state index is 12.5. The molecule has 0 heterocycles. The van der Waals surface area contributed by atoms with E-state index in [1.54, 1.807) is 0 Å². The zero-order valence-corrected chi connectivity index (χ0v) is 8.81. The van der Waals surface area contributed by atoms with Gasteiger partial charge in [0.2, 0.25) is 0 Å². The number of aliphatic hydroxyl groups is 1. The van der Waals surface area contributed by atoms with Gasteiger partial charge in [0.05, 0.1) is 0 Å². The van der Waals surface area contributed by atoms with Gasteiger partial charge in [0.15, 0.2) is 0 Å². The molecule has 0 radical (unpaired) electrons. The lowest BCUT2D eigenvalue weighted by Gasteiger charge is -2.32. The van der Waals surface area contributed by atoms with Crippen LogP contribution in [0.2, 0.25) is 0 Å². The van der Waals surface area contributed by atoms with Crippen LogP contribution >= 0.6 is 0 Å². The summed E-state index contributed by atoms with van der Waals surface area (Å²) in [6.07, 6.45) is -10.7. The van der Waals surface area contributed by atoms with Crippen molar-refractivity contribution in [2.45, 2.75) is 18.0 Å². The Hall–Kier alpha value is -1.50. The Morgan fingerprint density at radius 3 is 1.89 bits per heavy atom. The van der Waals surface area contributed by atoms with Gasteiger partial charge >= 0.3 is 12.4 Å². The van der Waals surface area contributed by atoms with Crippen molar-refractivity contribution in [3.05, 3.63) is 42.0 Å². The van der Waals surface area contributed by atoms with Crippen LogP contribution < -0.4 is 0 Å². The number of hydrogen-bond acceptors (Lipinski definition) is 1. The molecule has 0 aliphatic carbocycles. The molecule has 1 aromatic rings. The normalized spacial score (nSPS) is 13.5. The summed E-state index contributed by atoms with van der Waals surface area (Å²) in [4.78, 5) is 0. The van der Waals surface area contributed by atoms with E-state index < -0.39 is 23.5 Å². The van der Waals surface area contributed by atoms with E-state index in [1.807, 2.05) is 0 Å². The van der Waals surface area contributed by atoms with Gasteiger partial charge in [-0.3, -0.25) is 0 Å². The third kappa shape index (κ3) is 2.22. The highest BCUT2D eigenvalue weighted by Gasteiger charge is 2.71. The second kappa shape index (κ2) is 4.31. The van der Waals surface area contributed by atoms with Crippen molar-refractivity contribution < 1.29 is 31.4 Å². The Morgan fingerprint density at radius 2 is 1.50 bits per heavy atom. The fourth-order valence-electron chi connectivity index (χ4n) is 1.38. The maximum atomic E-state index is 12.5. The molecule has 0 aliphatic rings. The van der Waals surface area contributed by atoms with Crippen LogP contribution in [0.5, 0.6) is 0 Å². The number of halogens is 6. The molecule has 0 atom stereocenters. The van der Waals surface area contributed by atoms with E-state index in [0.29, 0.717) is 12.1 Å². The highest BCUT2D eigenvalue weighted by Crippen LogP contribution is 2.50. The average molecular weight is 270 g/mol. The lowest BCUT2D eigenvalue weighted by atomic mass is 9.91. The van der Waals surface area contributed by atoms with E-state index in [9.17, 15) is 26.3 Å². The van der Waals surface area contributed by atoms with Gasteiger partial charge in [-0.05, 0) is 11.6 Å². The minimum Gasteiger partial charge on any atom is -0.369 e. The predicted molar refractivity (Wildman–Crippen MR) is 52.5 cm³/mol. The number of alkyl halides is 6. The Labute approximate surface area is 98.4 Å². The summed E-state index contributed by atoms with van der Waals surface area (Å²) in [5, 5.41) is 9.09. The van der Waals surface area contributed by atoms with Crippen molar-refractivity contribution in [2.75, 3.05) is 0 Å². The zero-order valence-electron chi connectivity index (χ0n) is 8.81. The molecule has 1 nitrogen and oxygen atoms in total. The fraction of sp³-hybridized carbons (Fsp3) is 0.273. The molecule has 1 rings (SSSR count). The van der Waals surface area contributed by atoms with Crippen LogP contribution in [0.25, 0.3) is 6.08 Å². The van der Waals surface area contributed by atoms with Crippen LogP contribution in [0.1, 0.15) is 11.1 Å². The smallest absolute Gasteiger partial charge is 0.369 e. The van der Waals surface area contributed by atoms with Crippen LogP contribution in [-0.2, 0) is 5.60 Å². The summed E-state index contributed by atoms with van der Waals surface area (Å²) < 4.78 is 75.2. The molecule has 0 aliphatic heterocycles. The van der Waals surface area contributed by atoms with Gasteiger partial charge in [-0.2, -0.15) is 26.3 Å². The minimum atomic E-state index is -5.87. The summed E-state index contributed by atoms with van der Waals surface area (Å²) in [5.41, 5.74) is -6.14. The summed E-state index contributed by atoms with van der Waals surface area (Å²) in [5.74, 6) is 0. The quantitative estimate of drug-likeness (QED) is 0.813. The highest BCUT2D eigenvalue weighted by molar-refractivity contribution is 5.49. The van der Waals surface area contributed by atoms with E-state index in [1.165, 1.54) is 6.07 Å². The molecule has 0 saturated carbocycles. The zero-order chi connectivity index (χ0) is 14.2. The van der Waals surface area contributed by atoms with E-state index in [4.69, 9.17) is 5.11 Å². The first-order valence-electron chi connectivity index (χ1n) is 4.63. The average Bonchev–Trinajstić information content (AvgIpc) is 2.25. The van der Waals surface area contributed by atoms with Gasteiger partial charge in [0, 0.05) is 5.56 Å². The van der Waals surface area contributed by atoms with Crippen molar-refractivity contribution in [1.29, 1.82) is 0 Å². The number of hydrogen-bond donors (Lipinski definition) is 1. The molecule has 100 valence electrons. The van der Waals surface area contributed by atoms with E-state index in [0.717, 1.165) is 12.1 Å². The molecule has 1 N–H and O–H groups in total. The van der Waals surface area contributed by atoms with Crippen LogP contribution in [0.15, 0.2) is 30.8 Å². The molecule has 0 bridgehead atoms. The third-order valence-corrected chi connectivity index (χ3v) is 2.36. The Kier molecular flexibility index (Phi) is 3.49. The Balaban J connectivity index is 3.50. The lowest BCUT2D eigenvalue weighted by molar-refractivity contribution is -0.376. The van der Waals surface area contributed by atoms with E-state index >= 15 is 0 Å². The topological polar surface area (TPSA) is 20.2 Å². The minimum absolute atomic E-state index is 0.0411. The summed E-state index contributed by atoms with van der Waals surface area (Å²) >= 11 is 0. The van der Waals surface area contributed by atoms with Gasteiger partial charge in [0.1, 0.15) is 0 Å². The second-order valence-corrected chi connectivity index (χ2v) is 3.54. The largest absolute Gasteiger partial charge is 0.430 e. The predicted octanol–water partition coefficient (Wildman–Crippen LogP) is 3.64. The molecule has 0 saturated heterocycles. The van der Waals surface area contributed by atoms with Gasteiger partial charge in [-0.25, -0.2) is 0 Å². The second-order valence-electron chi connectivity index (χ2n) is 3.54. The van der Waals surface area contributed by atoms with Gasteiger partial charge < -0.3 is 5.11 Å². The number of rotatable bonds is 2. The van der Waals surface area contributed by atoms with Crippen molar-refractivity contribution in [3.63, 3.8) is 0 Å². The van der Waals surface area contributed by atoms with E-state index in [-0.39, 0.29) is 5.56 Å². The molecule has 0 fully saturated rings. The number of benzene rings is 1. The van der Waals surface area contributed by atoms with Crippen molar-refractivity contribution in [1.82, 2.24) is 0 Å².